The summed E-state index contributed by atoms with van der Waals surface area (Å²) < 4.78 is 0. The van der Waals surface area contributed by atoms with E-state index in [2.05, 4.69) is 10.6 Å². The second-order valence-electron chi connectivity index (χ2n) is 4.17. The predicted octanol–water partition coefficient (Wildman–Crippen LogP) is 0.432. The molecule has 0 spiro atoms. The number of rotatable bonds is 6. The molecule has 0 aliphatic carbocycles. The van der Waals surface area contributed by atoms with Gasteiger partial charge in [-0.1, -0.05) is 6.07 Å². The Kier molecular flexibility index (Phi) is 6.38. The van der Waals surface area contributed by atoms with Crippen molar-refractivity contribution in [3.63, 3.8) is 0 Å². The number of carbonyl (C=O) groups excluding carboxylic acids is 2. The zero-order valence-electron chi connectivity index (χ0n) is 10.7. The Balaban J connectivity index is 2.15. The van der Waals surface area contributed by atoms with E-state index in [0.717, 1.165) is 17.8 Å². The maximum atomic E-state index is 11.4. The molecule has 100 valence electrons. The van der Waals surface area contributed by atoms with Crippen LogP contribution in [0.3, 0.4) is 0 Å². The van der Waals surface area contributed by atoms with Gasteiger partial charge in [0.25, 0.3) is 0 Å². The first-order valence-electron chi connectivity index (χ1n) is 5.82. The summed E-state index contributed by atoms with van der Waals surface area (Å²) in [6, 6.07) is 3.83. The molecule has 0 aromatic carbocycles. The summed E-state index contributed by atoms with van der Waals surface area (Å²) in [4.78, 5) is 25.9. The summed E-state index contributed by atoms with van der Waals surface area (Å²) in [6.07, 6.45) is 0.830. The third-order valence-electron chi connectivity index (χ3n) is 2.28. The molecule has 0 atom stereocenters. The molecule has 0 saturated heterocycles. The summed E-state index contributed by atoms with van der Waals surface area (Å²) >= 11 is 1.55. The van der Waals surface area contributed by atoms with Crippen molar-refractivity contribution in [3.8, 4) is 0 Å². The number of carbonyl (C=O) groups is 2. The Morgan fingerprint density at radius 2 is 2.00 bits per heavy atom. The molecule has 1 rings (SSSR count). The summed E-state index contributed by atoms with van der Waals surface area (Å²) in [6.45, 7) is 1.81. The number of nitrogens with one attached hydrogen (secondary N) is 2. The smallest absolute Gasteiger partial charge is 0.309 e. The Bertz CT molecular complexity index is 377. The largest absolute Gasteiger partial charge is 0.348 e. The summed E-state index contributed by atoms with van der Waals surface area (Å²) in [5.74, 6) is -1.14. The van der Waals surface area contributed by atoms with Crippen molar-refractivity contribution in [2.45, 2.75) is 13.0 Å². The second kappa shape index (κ2) is 7.84. The number of thiophene rings is 1. The van der Waals surface area contributed by atoms with Crippen LogP contribution in [0.2, 0.25) is 0 Å². The van der Waals surface area contributed by atoms with Crippen molar-refractivity contribution < 1.29 is 9.59 Å². The van der Waals surface area contributed by atoms with E-state index in [1.54, 1.807) is 11.3 Å². The number of hydrogen-bond donors (Lipinski definition) is 2. The Morgan fingerprint density at radius 3 is 2.61 bits per heavy atom. The summed E-state index contributed by atoms with van der Waals surface area (Å²) in [5, 5.41) is 7.11. The van der Waals surface area contributed by atoms with Crippen LogP contribution in [0, 0.1) is 0 Å². The first kappa shape index (κ1) is 14.7. The second-order valence-corrected chi connectivity index (χ2v) is 5.21. The maximum absolute atomic E-state index is 11.4. The fourth-order valence-electron chi connectivity index (χ4n) is 1.34. The number of nitrogens with zero attached hydrogens (tertiary/aromatic N) is 1. The van der Waals surface area contributed by atoms with Gasteiger partial charge in [0.15, 0.2) is 0 Å². The highest BCUT2D eigenvalue weighted by atomic mass is 32.1. The minimum absolute atomic E-state index is 0.404. The molecule has 1 aromatic heterocycles. The Morgan fingerprint density at radius 1 is 1.28 bits per heavy atom. The molecule has 2 amide bonds. The fourth-order valence-corrected chi connectivity index (χ4v) is 1.98. The van der Waals surface area contributed by atoms with Crippen LogP contribution in [0.25, 0.3) is 0 Å². The fraction of sp³-hybridized carbons (Fsp3) is 0.500. The lowest BCUT2D eigenvalue weighted by molar-refractivity contribution is -0.139. The molecule has 5 nitrogen and oxygen atoms in total. The normalized spacial score (nSPS) is 10.4. The molecule has 0 bridgehead atoms. The van der Waals surface area contributed by atoms with Crippen LogP contribution in [-0.2, 0) is 16.1 Å². The molecule has 0 unspecified atom stereocenters. The highest BCUT2D eigenvalue weighted by molar-refractivity contribution is 7.09. The van der Waals surface area contributed by atoms with Gasteiger partial charge >= 0.3 is 11.8 Å². The van der Waals surface area contributed by atoms with Crippen molar-refractivity contribution in [1.82, 2.24) is 15.5 Å². The maximum Gasteiger partial charge on any atom is 0.309 e. The topological polar surface area (TPSA) is 61.4 Å². The number of amides is 2. The van der Waals surface area contributed by atoms with Gasteiger partial charge in [0, 0.05) is 11.4 Å². The van der Waals surface area contributed by atoms with Gasteiger partial charge in [0.2, 0.25) is 0 Å². The van der Waals surface area contributed by atoms with E-state index >= 15 is 0 Å². The SMILES string of the molecule is CN(C)CCCNC(=O)C(=O)NCc1cccs1. The van der Waals surface area contributed by atoms with Gasteiger partial charge in [0.1, 0.15) is 0 Å². The van der Waals surface area contributed by atoms with Crippen LogP contribution in [-0.4, -0.2) is 43.9 Å². The van der Waals surface area contributed by atoms with E-state index in [9.17, 15) is 9.59 Å². The van der Waals surface area contributed by atoms with Crippen LogP contribution < -0.4 is 10.6 Å². The van der Waals surface area contributed by atoms with Gasteiger partial charge in [-0.05, 0) is 38.5 Å². The molecule has 1 aromatic rings. The molecule has 0 aliphatic rings. The first-order chi connectivity index (χ1) is 8.59. The van der Waals surface area contributed by atoms with Crippen LogP contribution in [0.1, 0.15) is 11.3 Å². The molecule has 2 N–H and O–H groups in total. The van der Waals surface area contributed by atoms with Crippen molar-refractivity contribution in [3.05, 3.63) is 22.4 Å². The molecule has 0 saturated carbocycles. The lowest BCUT2D eigenvalue weighted by Crippen LogP contribution is -2.40. The molecule has 0 aliphatic heterocycles. The zero-order chi connectivity index (χ0) is 13.4. The van der Waals surface area contributed by atoms with E-state index in [1.807, 2.05) is 36.5 Å². The third-order valence-corrected chi connectivity index (χ3v) is 3.15. The molecular weight excluding hydrogens is 250 g/mol. The van der Waals surface area contributed by atoms with Crippen LogP contribution in [0.4, 0.5) is 0 Å². The lowest BCUT2D eigenvalue weighted by atomic mass is 10.4. The van der Waals surface area contributed by atoms with Crippen LogP contribution in [0.5, 0.6) is 0 Å². The van der Waals surface area contributed by atoms with E-state index in [-0.39, 0.29) is 0 Å². The van der Waals surface area contributed by atoms with Crippen molar-refractivity contribution in [2.24, 2.45) is 0 Å². The van der Waals surface area contributed by atoms with E-state index in [0.29, 0.717) is 13.1 Å². The predicted molar refractivity (Wildman–Crippen MR) is 72.3 cm³/mol. The molecule has 1 heterocycles. The van der Waals surface area contributed by atoms with Crippen molar-refractivity contribution in [1.29, 1.82) is 0 Å². The number of hydrogen-bond acceptors (Lipinski definition) is 4. The zero-order valence-corrected chi connectivity index (χ0v) is 11.5. The first-order valence-corrected chi connectivity index (χ1v) is 6.70. The van der Waals surface area contributed by atoms with Crippen LogP contribution in [0.15, 0.2) is 17.5 Å². The monoisotopic (exact) mass is 269 g/mol. The lowest BCUT2D eigenvalue weighted by Gasteiger charge is -2.09. The standard InChI is InChI=1S/C12H19N3O2S/c1-15(2)7-4-6-13-11(16)12(17)14-9-10-5-3-8-18-10/h3,5,8H,4,6-7,9H2,1-2H3,(H,13,16)(H,14,17). The molecule has 6 heteroatoms. The van der Waals surface area contributed by atoms with Crippen molar-refractivity contribution in [2.75, 3.05) is 27.2 Å². The van der Waals surface area contributed by atoms with Gasteiger partial charge in [0.05, 0.1) is 6.54 Å². The van der Waals surface area contributed by atoms with Gasteiger partial charge in [-0.2, -0.15) is 0 Å². The van der Waals surface area contributed by atoms with E-state index in [4.69, 9.17) is 0 Å². The average Bonchev–Trinajstić information content (AvgIpc) is 2.84. The molecular formula is C12H19N3O2S. The summed E-state index contributed by atoms with van der Waals surface area (Å²) in [5.41, 5.74) is 0. The third kappa shape index (κ3) is 5.79. The van der Waals surface area contributed by atoms with Gasteiger partial charge in [-0.3, -0.25) is 9.59 Å². The summed E-state index contributed by atoms with van der Waals surface area (Å²) in [7, 11) is 3.94. The quantitative estimate of drug-likeness (QED) is 0.581. The van der Waals surface area contributed by atoms with Crippen LogP contribution >= 0.6 is 11.3 Å². The minimum atomic E-state index is -0.576. The van der Waals surface area contributed by atoms with E-state index in [1.165, 1.54) is 0 Å². The van der Waals surface area contributed by atoms with Gasteiger partial charge in [-0.15, -0.1) is 11.3 Å². The van der Waals surface area contributed by atoms with Gasteiger partial charge in [-0.25, -0.2) is 0 Å². The Hall–Kier alpha value is -1.40. The molecule has 0 fully saturated rings. The molecule has 18 heavy (non-hydrogen) atoms. The average molecular weight is 269 g/mol. The highest BCUT2D eigenvalue weighted by Gasteiger charge is 2.12. The highest BCUT2D eigenvalue weighted by Crippen LogP contribution is 2.06. The van der Waals surface area contributed by atoms with Crippen molar-refractivity contribution >= 4 is 23.2 Å². The Labute approximate surface area is 111 Å². The van der Waals surface area contributed by atoms with E-state index < -0.39 is 11.8 Å². The minimum Gasteiger partial charge on any atom is -0.348 e. The van der Waals surface area contributed by atoms with Gasteiger partial charge < -0.3 is 15.5 Å². The molecule has 0 radical (unpaired) electrons.